The van der Waals surface area contributed by atoms with Gasteiger partial charge in [0.1, 0.15) is 30.5 Å². The second-order valence-electron chi connectivity index (χ2n) is 16.4. The summed E-state index contributed by atoms with van der Waals surface area (Å²) in [5.74, 6) is -0.243. The Kier molecular flexibility index (Phi) is 16.6. The van der Waals surface area contributed by atoms with E-state index in [1.54, 1.807) is 6.92 Å². The molecule has 1 fully saturated rings. The van der Waals surface area contributed by atoms with Crippen LogP contribution in [0.3, 0.4) is 0 Å². The van der Waals surface area contributed by atoms with E-state index in [4.69, 9.17) is 9.47 Å². The van der Waals surface area contributed by atoms with Crippen LogP contribution in [-0.2, 0) is 14.3 Å². The number of ether oxygens (including phenoxy) is 2. The normalized spacial score (nSPS) is 30.8. The number of carbonyl (C=O) groups excluding carboxylic acids is 1. The van der Waals surface area contributed by atoms with Crippen LogP contribution in [0.4, 0.5) is 0 Å². The summed E-state index contributed by atoms with van der Waals surface area (Å²) >= 11 is 0. The maximum Gasteiger partial charge on any atom is 0.187 e. The lowest BCUT2D eigenvalue weighted by molar-refractivity contribution is -0.309. The predicted octanol–water partition coefficient (Wildman–Crippen LogP) is 7.55. The van der Waals surface area contributed by atoms with Crippen LogP contribution in [0.1, 0.15) is 88.5 Å². The zero-order valence-corrected chi connectivity index (χ0v) is 33.9. The molecule has 2 aliphatic carbocycles. The SMILES string of the molecule is CC(C=CC=C(C)C=CC1=C(C)CC(O)CC1(C)C)=CC=CC=C(C)C=CC=C(C)C=CC1=C(C)C(=O)C(OC2OC(CO)C(O)C(O)C2O)CC1(C)C. The molecule has 0 radical (unpaired) electrons. The Hall–Kier alpha value is -3.47. The van der Waals surface area contributed by atoms with Crippen LogP contribution in [0.2, 0.25) is 0 Å². The third kappa shape index (κ3) is 12.5. The summed E-state index contributed by atoms with van der Waals surface area (Å²) in [7, 11) is 0. The van der Waals surface area contributed by atoms with Gasteiger partial charge in [0.2, 0.25) is 0 Å². The van der Waals surface area contributed by atoms with Crippen molar-refractivity contribution in [3.05, 3.63) is 130 Å². The molecule has 5 N–H and O–H groups in total. The number of Topliss-reactive ketones (excluding diaryl/α,β-unsaturated/α-hetero) is 1. The molecule has 1 aliphatic heterocycles. The van der Waals surface area contributed by atoms with Crippen LogP contribution in [0.15, 0.2) is 130 Å². The van der Waals surface area contributed by atoms with E-state index in [-0.39, 0.29) is 17.3 Å². The molecule has 0 aromatic carbocycles. The van der Waals surface area contributed by atoms with Gasteiger partial charge in [-0.25, -0.2) is 0 Å². The third-order valence-corrected chi connectivity index (χ3v) is 10.4. The van der Waals surface area contributed by atoms with E-state index in [9.17, 15) is 30.3 Å². The first-order valence-corrected chi connectivity index (χ1v) is 18.9. The lowest BCUT2D eigenvalue weighted by Crippen LogP contribution is -2.60. The van der Waals surface area contributed by atoms with E-state index in [1.807, 2.05) is 76.3 Å². The number of aliphatic hydroxyl groups is 5. The van der Waals surface area contributed by atoms with E-state index in [0.717, 1.165) is 35.1 Å². The summed E-state index contributed by atoms with van der Waals surface area (Å²) in [6.45, 7) is 19.9. The summed E-state index contributed by atoms with van der Waals surface area (Å²) in [5, 5.41) is 50.2. The Bertz CT molecular complexity index is 1680. The van der Waals surface area contributed by atoms with Crippen LogP contribution in [-0.4, -0.2) is 80.8 Å². The number of hydrogen-bond donors (Lipinski definition) is 5. The topological polar surface area (TPSA) is 137 Å². The van der Waals surface area contributed by atoms with Crippen molar-refractivity contribution in [1.29, 1.82) is 0 Å². The second kappa shape index (κ2) is 19.9. The van der Waals surface area contributed by atoms with E-state index in [1.165, 1.54) is 16.7 Å². The van der Waals surface area contributed by atoms with E-state index in [0.29, 0.717) is 12.0 Å². The largest absolute Gasteiger partial charge is 0.394 e. The first kappa shape index (κ1) is 44.9. The molecule has 7 unspecified atom stereocenters. The van der Waals surface area contributed by atoms with Gasteiger partial charge in [-0.05, 0) is 88.4 Å². The molecule has 7 atom stereocenters. The standard InChI is InChI=1S/C46H64O8/c1-29(17-13-19-31(3)21-23-36-33(5)25-35(48)26-45(36,7)8)15-11-12-16-30(2)18-14-20-32(4)22-24-37-34(6)40(49)38(27-46(37,9)10)53-44-43(52)42(51)41(50)39(28-47)54-44/h11-24,35,38-39,41-44,47-48,50-52H,25-28H2,1-10H3. The molecule has 8 heteroatoms. The summed E-state index contributed by atoms with van der Waals surface area (Å²) in [4.78, 5) is 13.3. The van der Waals surface area contributed by atoms with E-state index in [2.05, 4.69) is 71.1 Å². The van der Waals surface area contributed by atoms with E-state index < -0.39 is 48.8 Å². The number of carbonyl (C=O) groups is 1. The first-order valence-electron chi connectivity index (χ1n) is 18.9. The van der Waals surface area contributed by atoms with Gasteiger partial charge in [-0.15, -0.1) is 0 Å². The summed E-state index contributed by atoms with van der Waals surface area (Å²) in [6.07, 6.45) is 22.3. The van der Waals surface area contributed by atoms with Crippen LogP contribution in [0, 0.1) is 10.8 Å². The van der Waals surface area contributed by atoms with Gasteiger partial charge in [0.15, 0.2) is 12.1 Å². The minimum absolute atomic E-state index is 0.0270. The van der Waals surface area contributed by atoms with Crippen molar-refractivity contribution in [3.63, 3.8) is 0 Å². The Morgan fingerprint density at radius 1 is 0.704 bits per heavy atom. The Morgan fingerprint density at radius 2 is 1.19 bits per heavy atom. The van der Waals surface area contributed by atoms with Crippen molar-refractivity contribution in [2.45, 2.75) is 131 Å². The maximum atomic E-state index is 13.3. The van der Waals surface area contributed by atoms with Gasteiger partial charge < -0.3 is 35.0 Å². The fraction of sp³-hybridized carbons (Fsp3) is 0.500. The van der Waals surface area contributed by atoms with Gasteiger partial charge in [0.05, 0.1) is 12.7 Å². The highest BCUT2D eigenvalue weighted by molar-refractivity contribution is 6.00. The molecule has 0 spiro atoms. The highest BCUT2D eigenvalue weighted by Crippen LogP contribution is 2.42. The Labute approximate surface area is 323 Å². The molecule has 3 aliphatic rings. The van der Waals surface area contributed by atoms with Gasteiger partial charge in [-0.2, -0.15) is 0 Å². The Morgan fingerprint density at radius 3 is 1.70 bits per heavy atom. The van der Waals surface area contributed by atoms with Crippen molar-refractivity contribution >= 4 is 5.78 Å². The third-order valence-electron chi connectivity index (χ3n) is 10.4. The molecule has 0 aromatic heterocycles. The maximum absolute atomic E-state index is 13.3. The first-order chi connectivity index (χ1) is 25.3. The fourth-order valence-corrected chi connectivity index (χ4v) is 7.30. The van der Waals surface area contributed by atoms with Gasteiger partial charge >= 0.3 is 0 Å². The van der Waals surface area contributed by atoms with Gasteiger partial charge in [-0.3, -0.25) is 4.79 Å². The average Bonchev–Trinajstić information content (AvgIpc) is 3.08. The summed E-state index contributed by atoms with van der Waals surface area (Å²) in [6, 6.07) is 0. The molecule has 1 heterocycles. The number of rotatable bonds is 13. The summed E-state index contributed by atoms with van der Waals surface area (Å²) in [5.41, 5.74) is 7.94. The molecule has 0 aromatic rings. The minimum atomic E-state index is -1.58. The molecule has 0 bridgehead atoms. The lowest BCUT2D eigenvalue weighted by atomic mass is 9.71. The van der Waals surface area contributed by atoms with Crippen molar-refractivity contribution < 1.29 is 39.8 Å². The van der Waals surface area contributed by atoms with Crippen LogP contribution in [0.5, 0.6) is 0 Å². The smallest absolute Gasteiger partial charge is 0.187 e. The van der Waals surface area contributed by atoms with Gasteiger partial charge in [0.25, 0.3) is 0 Å². The quantitative estimate of drug-likeness (QED) is 0.122. The molecule has 296 valence electrons. The van der Waals surface area contributed by atoms with Crippen LogP contribution < -0.4 is 0 Å². The minimum Gasteiger partial charge on any atom is -0.394 e. The number of ketones is 1. The number of aliphatic hydroxyl groups excluding tert-OH is 5. The molecule has 0 amide bonds. The van der Waals surface area contributed by atoms with Crippen molar-refractivity contribution in [2.75, 3.05) is 6.61 Å². The van der Waals surface area contributed by atoms with E-state index >= 15 is 0 Å². The van der Waals surface area contributed by atoms with Gasteiger partial charge in [-0.1, -0.05) is 141 Å². The molecular weight excluding hydrogens is 680 g/mol. The molecule has 3 rings (SSSR count). The molecule has 0 saturated carbocycles. The highest BCUT2D eigenvalue weighted by atomic mass is 16.7. The van der Waals surface area contributed by atoms with Gasteiger partial charge in [0, 0.05) is 0 Å². The molecule has 1 saturated heterocycles. The molecule has 54 heavy (non-hydrogen) atoms. The van der Waals surface area contributed by atoms with Crippen molar-refractivity contribution in [3.8, 4) is 0 Å². The monoisotopic (exact) mass is 744 g/mol. The summed E-state index contributed by atoms with van der Waals surface area (Å²) < 4.78 is 11.3. The number of hydrogen-bond acceptors (Lipinski definition) is 8. The molecular formula is C46H64O8. The molecule has 8 nitrogen and oxygen atoms in total. The predicted molar refractivity (Wildman–Crippen MR) is 217 cm³/mol. The zero-order valence-electron chi connectivity index (χ0n) is 33.9. The fourth-order valence-electron chi connectivity index (χ4n) is 7.30. The van der Waals surface area contributed by atoms with Crippen LogP contribution >= 0.6 is 0 Å². The average molecular weight is 745 g/mol. The zero-order chi connectivity index (χ0) is 40.4. The van der Waals surface area contributed by atoms with Crippen molar-refractivity contribution in [2.24, 2.45) is 10.8 Å². The Balaban J connectivity index is 1.55. The highest BCUT2D eigenvalue weighted by Gasteiger charge is 2.47. The van der Waals surface area contributed by atoms with Crippen LogP contribution in [0.25, 0.3) is 0 Å². The lowest BCUT2D eigenvalue weighted by Gasteiger charge is -2.43. The second-order valence-corrected chi connectivity index (χ2v) is 16.4. The van der Waals surface area contributed by atoms with Crippen molar-refractivity contribution in [1.82, 2.24) is 0 Å². The number of allylic oxidation sites excluding steroid dienone is 20.